The Labute approximate surface area is 170 Å². The molecular weight excluding hydrogens is 398 g/mol. The first-order valence-corrected chi connectivity index (χ1v) is 9.00. The van der Waals surface area contributed by atoms with Gasteiger partial charge in [0.05, 0.1) is 25.3 Å². The lowest BCUT2D eigenvalue weighted by Crippen LogP contribution is -2.31. The molecule has 29 heavy (non-hydrogen) atoms. The van der Waals surface area contributed by atoms with Gasteiger partial charge in [0.2, 0.25) is 0 Å². The Bertz CT molecular complexity index is 1090. The molecule has 3 N–H and O–H groups in total. The van der Waals surface area contributed by atoms with E-state index in [0.29, 0.717) is 22.0 Å². The maximum atomic E-state index is 12.7. The Morgan fingerprint density at radius 2 is 1.93 bits per heavy atom. The number of hydrogen-bond acceptors (Lipinski definition) is 4. The van der Waals surface area contributed by atoms with Gasteiger partial charge in [-0.3, -0.25) is 19.5 Å². The fourth-order valence-corrected chi connectivity index (χ4v) is 3.09. The molecule has 0 bridgehead atoms. The van der Waals surface area contributed by atoms with Gasteiger partial charge in [-0.05, 0) is 30.3 Å². The molecule has 0 aliphatic heterocycles. The van der Waals surface area contributed by atoms with Gasteiger partial charge in [0.15, 0.2) is 0 Å². The highest BCUT2D eigenvalue weighted by atomic mass is 35.5. The Morgan fingerprint density at radius 3 is 2.59 bits per heavy atom. The largest absolute Gasteiger partial charge is 0.496 e. The lowest BCUT2D eigenvalue weighted by atomic mass is 10.0. The van der Waals surface area contributed by atoms with Crippen molar-refractivity contribution in [2.75, 3.05) is 7.11 Å². The van der Waals surface area contributed by atoms with Gasteiger partial charge in [-0.15, -0.1) is 0 Å². The van der Waals surface area contributed by atoms with Crippen LogP contribution in [0.2, 0.25) is 5.02 Å². The number of methoxy groups -OCH3 is 1. The van der Waals surface area contributed by atoms with Gasteiger partial charge in [-0.1, -0.05) is 29.8 Å². The topological polar surface area (TPSA) is 113 Å². The first-order valence-electron chi connectivity index (χ1n) is 8.62. The van der Waals surface area contributed by atoms with Crippen LogP contribution in [0, 0.1) is 0 Å². The number of hydrogen-bond donors (Lipinski definition) is 3. The fourth-order valence-electron chi connectivity index (χ4n) is 2.91. The summed E-state index contributed by atoms with van der Waals surface area (Å²) in [5, 5.41) is 15.0. The van der Waals surface area contributed by atoms with Gasteiger partial charge in [-0.25, -0.2) is 4.68 Å². The number of aromatic nitrogens is 2. The Kier molecular flexibility index (Phi) is 6.04. The maximum absolute atomic E-state index is 12.7. The second-order valence-corrected chi connectivity index (χ2v) is 6.63. The Morgan fingerprint density at radius 1 is 1.21 bits per heavy atom. The number of halogens is 1. The number of aliphatic carboxylic acids is 1. The van der Waals surface area contributed by atoms with Crippen molar-refractivity contribution in [2.45, 2.75) is 12.5 Å². The minimum atomic E-state index is -1.12. The van der Waals surface area contributed by atoms with Crippen molar-refractivity contribution in [2.24, 2.45) is 0 Å². The molecular formula is C20H18ClN3O5. The molecule has 0 aliphatic rings. The number of carboxylic acids is 1. The van der Waals surface area contributed by atoms with Crippen LogP contribution in [0.1, 0.15) is 28.5 Å². The van der Waals surface area contributed by atoms with Crippen molar-refractivity contribution >= 4 is 23.5 Å². The lowest BCUT2D eigenvalue weighted by Gasteiger charge is -2.20. The average Bonchev–Trinajstić information content (AvgIpc) is 3.09. The quantitative estimate of drug-likeness (QED) is 0.549. The van der Waals surface area contributed by atoms with Crippen LogP contribution in [0.3, 0.4) is 0 Å². The molecule has 3 aromatic rings. The van der Waals surface area contributed by atoms with Crippen molar-refractivity contribution in [1.82, 2.24) is 15.1 Å². The van der Waals surface area contributed by atoms with Gasteiger partial charge < -0.3 is 15.2 Å². The second-order valence-electron chi connectivity index (χ2n) is 6.19. The summed E-state index contributed by atoms with van der Waals surface area (Å²) >= 11 is 6.03. The van der Waals surface area contributed by atoms with Crippen LogP contribution in [0.25, 0.3) is 5.69 Å². The molecule has 0 fully saturated rings. The number of carboxylic acid groups (broad SMARTS) is 1. The molecule has 0 aliphatic carbocycles. The van der Waals surface area contributed by atoms with E-state index in [0.717, 1.165) is 6.07 Å². The number of H-pyrrole nitrogens is 1. The zero-order chi connectivity index (χ0) is 21.0. The minimum absolute atomic E-state index is 0.00441. The highest BCUT2D eigenvalue weighted by molar-refractivity contribution is 6.30. The molecule has 1 heterocycles. The molecule has 0 saturated carbocycles. The van der Waals surface area contributed by atoms with Gasteiger partial charge in [0.25, 0.3) is 11.5 Å². The summed E-state index contributed by atoms with van der Waals surface area (Å²) in [6.45, 7) is 0. The summed E-state index contributed by atoms with van der Waals surface area (Å²) in [6.07, 6.45) is -0.397. The standard InChI is InChI=1S/C20H18ClN3O5/c1-29-17-8-7-12(21)9-14(17)15(11-19(26)27)22-20(28)16-10-18(25)24(23-16)13-5-3-2-4-6-13/h2-10,15,23H,11H2,1H3,(H,22,28)(H,26,27). The van der Waals surface area contributed by atoms with Crippen molar-refractivity contribution in [3.8, 4) is 11.4 Å². The number of ether oxygens (including phenoxy) is 1. The SMILES string of the molecule is COc1ccc(Cl)cc1C(CC(=O)O)NC(=O)c1cc(=O)n(-c2ccccc2)[nH]1. The number of nitrogens with one attached hydrogen (secondary N) is 2. The number of benzene rings is 2. The molecule has 8 nitrogen and oxygen atoms in total. The molecule has 0 spiro atoms. The zero-order valence-corrected chi connectivity index (χ0v) is 16.1. The monoisotopic (exact) mass is 415 g/mol. The molecule has 1 amide bonds. The molecule has 1 unspecified atom stereocenters. The number of amides is 1. The Hall–Kier alpha value is -3.52. The first-order chi connectivity index (χ1) is 13.9. The smallest absolute Gasteiger partial charge is 0.305 e. The van der Waals surface area contributed by atoms with Crippen LogP contribution in [-0.2, 0) is 4.79 Å². The minimum Gasteiger partial charge on any atom is -0.496 e. The number of carbonyl (C=O) groups excluding carboxylic acids is 1. The van der Waals surface area contributed by atoms with E-state index >= 15 is 0 Å². The summed E-state index contributed by atoms with van der Waals surface area (Å²) < 4.78 is 6.49. The number of carbonyl (C=O) groups is 2. The summed E-state index contributed by atoms with van der Waals surface area (Å²) in [5.41, 5.74) is 0.558. The molecule has 1 atom stereocenters. The number of nitrogens with zero attached hydrogens (tertiary/aromatic N) is 1. The van der Waals surface area contributed by atoms with Gasteiger partial charge >= 0.3 is 5.97 Å². The lowest BCUT2D eigenvalue weighted by molar-refractivity contribution is -0.137. The maximum Gasteiger partial charge on any atom is 0.305 e. The molecule has 3 rings (SSSR count). The highest BCUT2D eigenvalue weighted by Gasteiger charge is 2.24. The van der Waals surface area contributed by atoms with Crippen LogP contribution < -0.4 is 15.6 Å². The van der Waals surface area contributed by atoms with Crippen molar-refractivity contribution < 1.29 is 19.4 Å². The van der Waals surface area contributed by atoms with E-state index in [4.69, 9.17) is 16.3 Å². The molecule has 0 radical (unpaired) electrons. The molecule has 1 aromatic heterocycles. The third-order valence-electron chi connectivity index (χ3n) is 4.23. The van der Waals surface area contributed by atoms with Crippen LogP contribution in [0.15, 0.2) is 59.4 Å². The predicted octanol–water partition coefficient (Wildman–Crippen LogP) is 2.77. The number of rotatable bonds is 7. The Balaban J connectivity index is 1.91. The summed E-state index contributed by atoms with van der Waals surface area (Å²) in [7, 11) is 1.43. The van der Waals surface area contributed by atoms with Gasteiger partial charge in [-0.2, -0.15) is 0 Å². The van der Waals surface area contributed by atoms with Crippen LogP contribution >= 0.6 is 11.6 Å². The number of aromatic amines is 1. The second kappa shape index (κ2) is 8.66. The average molecular weight is 416 g/mol. The molecule has 0 saturated heterocycles. The number of para-hydroxylation sites is 1. The van der Waals surface area contributed by atoms with Crippen molar-refractivity contribution in [1.29, 1.82) is 0 Å². The van der Waals surface area contributed by atoms with Gasteiger partial charge in [0, 0.05) is 16.7 Å². The van der Waals surface area contributed by atoms with E-state index in [1.165, 1.54) is 17.9 Å². The van der Waals surface area contributed by atoms with Crippen molar-refractivity contribution in [3.63, 3.8) is 0 Å². The molecule has 2 aromatic carbocycles. The summed E-state index contributed by atoms with van der Waals surface area (Å²) in [6, 6.07) is 13.7. The van der Waals surface area contributed by atoms with Crippen LogP contribution in [-0.4, -0.2) is 33.9 Å². The highest BCUT2D eigenvalue weighted by Crippen LogP contribution is 2.30. The third kappa shape index (κ3) is 4.67. The van der Waals surface area contributed by atoms with E-state index in [9.17, 15) is 19.5 Å². The van der Waals surface area contributed by atoms with E-state index < -0.39 is 29.9 Å². The zero-order valence-electron chi connectivity index (χ0n) is 15.4. The normalized spacial score (nSPS) is 11.7. The van der Waals surface area contributed by atoms with E-state index in [1.54, 1.807) is 42.5 Å². The molecule has 150 valence electrons. The van der Waals surface area contributed by atoms with E-state index in [-0.39, 0.29) is 5.69 Å². The third-order valence-corrected chi connectivity index (χ3v) is 4.47. The van der Waals surface area contributed by atoms with Crippen LogP contribution in [0.4, 0.5) is 0 Å². The van der Waals surface area contributed by atoms with Crippen LogP contribution in [0.5, 0.6) is 5.75 Å². The molecule has 9 heteroatoms. The van der Waals surface area contributed by atoms with E-state index in [1.807, 2.05) is 0 Å². The van der Waals surface area contributed by atoms with Crippen molar-refractivity contribution in [3.05, 3.63) is 81.2 Å². The summed E-state index contributed by atoms with van der Waals surface area (Å²) in [4.78, 5) is 36.3. The fraction of sp³-hybridized carbons (Fsp3) is 0.150. The first kappa shape index (κ1) is 20.2. The summed E-state index contributed by atoms with van der Waals surface area (Å²) in [5.74, 6) is -1.37. The van der Waals surface area contributed by atoms with E-state index in [2.05, 4.69) is 10.4 Å². The van der Waals surface area contributed by atoms with Gasteiger partial charge in [0.1, 0.15) is 11.4 Å². The predicted molar refractivity (Wildman–Crippen MR) is 107 cm³/mol.